The number of nitrogens with one attached hydrogen (secondary N) is 1. The summed E-state index contributed by atoms with van der Waals surface area (Å²) in [5.74, 6) is 1.41. The van der Waals surface area contributed by atoms with Gasteiger partial charge in [0.15, 0.2) is 0 Å². The Hall–Kier alpha value is -2.58. The Balaban J connectivity index is 1.81. The van der Waals surface area contributed by atoms with Crippen LogP contribution in [0.5, 0.6) is 5.88 Å². The maximum absolute atomic E-state index is 12.7. The van der Waals surface area contributed by atoms with E-state index < -0.39 is 0 Å². The van der Waals surface area contributed by atoms with Gasteiger partial charge in [0.1, 0.15) is 0 Å². The first kappa shape index (κ1) is 24.5. The lowest BCUT2D eigenvalue weighted by molar-refractivity contribution is 0.337. The summed E-state index contributed by atoms with van der Waals surface area (Å²) in [7, 11) is 1.58. The predicted molar refractivity (Wildman–Crippen MR) is 138 cm³/mol. The van der Waals surface area contributed by atoms with E-state index in [4.69, 9.17) is 4.18 Å². The fourth-order valence-electron chi connectivity index (χ4n) is 4.19. The zero-order valence-corrected chi connectivity index (χ0v) is 21.8. The Labute approximate surface area is 204 Å². The van der Waals surface area contributed by atoms with E-state index in [0.717, 1.165) is 18.0 Å². The molecule has 1 saturated heterocycles. The summed E-state index contributed by atoms with van der Waals surface area (Å²) >= 11 is 1.29. The number of hydrogen-bond acceptors (Lipinski definition) is 6. The maximum Gasteiger partial charge on any atom is 0.274 e. The second-order valence-corrected chi connectivity index (χ2v) is 10.8. The van der Waals surface area contributed by atoms with Crippen LogP contribution in [-0.4, -0.2) is 27.4 Å². The second kappa shape index (κ2) is 9.58. The van der Waals surface area contributed by atoms with Gasteiger partial charge in [-0.3, -0.25) is 9.59 Å². The molecule has 3 aromatic rings. The fourth-order valence-corrected chi connectivity index (χ4v) is 5.26. The molecule has 0 saturated carbocycles. The van der Waals surface area contributed by atoms with E-state index in [1.165, 1.54) is 39.5 Å². The van der Waals surface area contributed by atoms with Gasteiger partial charge in [-0.1, -0.05) is 53.7 Å². The molecule has 3 heterocycles. The molecule has 8 heteroatoms. The number of benzene rings is 1. The van der Waals surface area contributed by atoms with Crippen LogP contribution in [0.15, 0.2) is 38.9 Å². The first-order valence-corrected chi connectivity index (χ1v) is 12.7. The monoisotopic (exact) mass is 482 g/mol. The van der Waals surface area contributed by atoms with E-state index in [9.17, 15) is 9.59 Å². The molecule has 1 aliphatic heterocycles. The van der Waals surface area contributed by atoms with Crippen molar-refractivity contribution in [1.82, 2.24) is 19.7 Å². The van der Waals surface area contributed by atoms with E-state index in [0.29, 0.717) is 34.4 Å². The Kier molecular flexibility index (Phi) is 6.92. The summed E-state index contributed by atoms with van der Waals surface area (Å²) < 4.78 is 9.18. The lowest BCUT2D eigenvalue weighted by Crippen LogP contribution is -2.46. The maximum atomic E-state index is 12.7. The molecule has 1 fully saturated rings. The third-order valence-corrected chi connectivity index (χ3v) is 7.39. The molecule has 1 aliphatic rings. The van der Waals surface area contributed by atoms with Gasteiger partial charge in [-0.05, 0) is 34.4 Å². The molecule has 0 amide bonds. The summed E-state index contributed by atoms with van der Waals surface area (Å²) in [6, 6.07) is 6.04. The number of pyridine rings is 1. The minimum absolute atomic E-state index is 0.0742. The molecule has 1 aromatic carbocycles. The van der Waals surface area contributed by atoms with Crippen molar-refractivity contribution in [1.29, 1.82) is 0 Å². The first-order valence-electron chi connectivity index (χ1n) is 11.9. The highest BCUT2D eigenvalue weighted by molar-refractivity contribution is 7.95. The van der Waals surface area contributed by atoms with Crippen molar-refractivity contribution >= 4 is 22.8 Å². The number of hydrogen-bond donors (Lipinski definition) is 1. The lowest BCUT2D eigenvalue weighted by atomic mass is 9.89. The van der Waals surface area contributed by atoms with Gasteiger partial charge in [-0.25, -0.2) is 4.68 Å². The van der Waals surface area contributed by atoms with Crippen LogP contribution in [0.2, 0.25) is 0 Å². The highest BCUT2D eigenvalue weighted by Gasteiger charge is 2.23. The van der Waals surface area contributed by atoms with Crippen LogP contribution in [-0.2, 0) is 7.05 Å². The Morgan fingerprint density at radius 3 is 2.09 bits per heavy atom. The Bertz CT molecular complexity index is 1310. The van der Waals surface area contributed by atoms with Crippen molar-refractivity contribution in [3.8, 4) is 5.88 Å². The Morgan fingerprint density at radius 2 is 1.59 bits per heavy atom. The molecule has 0 spiro atoms. The Morgan fingerprint density at radius 1 is 0.971 bits per heavy atom. The zero-order chi connectivity index (χ0) is 24.7. The van der Waals surface area contributed by atoms with Crippen LogP contribution >= 0.6 is 12.0 Å². The summed E-state index contributed by atoms with van der Waals surface area (Å²) in [4.78, 5) is 26.5. The molecule has 1 N–H and O–H groups in total. The van der Waals surface area contributed by atoms with E-state index in [1.807, 2.05) is 0 Å². The molecule has 2 aromatic heterocycles. The van der Waals surface area contributed by atoms with Gasteiger partial charge in [0.25, 0.3) is 17.0 Å². The first-order chi connectivity index (χ1) is 16.1. The third-order valence-electron chi connectivity index (χ3n) is 6.51. The fraction of sp³-hybridized carbons (Fsp3) is 0.500. The van der Waals surface area contributed by atoms with Gasteiger partial charge in [0.2, 0.25) is 0 Å². The third kappa shape index (κ3) is 4.53. The minimum Gasteiger partial charge on any atom is -0.398 e. The van der Waals surface area contributed by atoms with Crippen LogP contribution in [0.4, 0.5) is 0 Å². The molecule has 0 atom stereocenters. The number of rotatable bonds is 7. The van der Waals surface area contributed by atoms with E-state index in [-0.39, 0.29) is 17.2 Å². The van der Waals surface area contributed by atoms with Crippen LogP contribution in [0, 0.1) is 0 Å². The minimum atomic E-state index is -0.310. The molecule has 34 heavy (non-hydrogen) atoms. The number of fused-ring (bicyclic) bond motifs is 1. The van der Waals surface area contributed by atoms with Crippen LogP contribution in [0.1, 0.15) is 82.0 Å². The van der Waals surface area contributed by atoms with Crippen molar-refractivity contribution < 1.29 is 4.18 Å². The number of aryl methyl sites for hydroxylation is 1. The largest absolute Gasteiger partial charge is 0.398 e. The van der Waals surface area contributed by atoms with E-state index in [1.54, 1.807) is 17.8 Å². The number of nitrogens with zero attached hydrogens (tertiary/aromatic N) is 3. The summed E-state index contributed by atoms with van der Waals surface area (Å²) in [5.41, 5.74) is 3.31. The van der Waals surface area contributed by atoms with Gasteiger partial charge < -0.3 is 14.1 Å². The highest BCUT2D eigenvalue weighted by atomic mass is 32.2. The SMILES string of the molecule is CC(C)c1cc(C(C)C)c(SOc2nn(C)c(=O)c3cc(=O)n(C4CNC4)cc23)c(C(C)C)c1. The predicted octanol–water partition coefficient (Wildman–Crippen LogP) is 4.70. The average molecular weight is 483 g/mol. The van der Waals surface area contributed by atoms with E-state index in [2.05, 4.69) is 64.1 Å². The van der Waals surface area contributed by atoms with Gasteiger partial charge >= 0.3 is 0 Å². The van der Waals surface area contributed by atoms with Crippen LogP contribution in [0.25, 0.3) is 10.8 Å². The molecule has 0 radical (unpaired) electrons. The molecular formula is C26H34N4O3S. The lowest BCUT2D eigenvalue weighted by Gasteiger charge is -2.29. The molecule has 182 valence electrons. The summed E-state index contributed by atoms with van der Waals surface area (Å²) in [5, 5.41) is 8.48. The van der Waals surface area contributed by atoms with Crippen molar-refractivity contribution in [2.75, 3.05) is 13.1 Å². The number of aromatic nitrogens is 3. The normalized spacial score (nSPS) is 14.4. The van der Waals surface area contributed by atoms with Gasteiger partial charge in [0.05, 0.1) is 33.8 Å². The van der Waals surface area contributed by atoms with Crippen LogP contribution < -0.4 is 20.6 Å². The van der Waals surface area contributed by atoms with Crippen molar-refractivity contribution in [3.63, 3.8) is 0 Å². The molecule has 4 rings (SSSR count). The van der Waals surface area contributed by atoms with Crippen molar-refractivity contribution in [3.05, 3.63) is 61.8 Å². The summed E-state index contributed by atoms with van der Waals surface area (Å²) in [6.07, 6.45) is 1.72. The molecular weight excluding hydrogens is 448 g/mol. The smallest absolute Gasteiger partial charge is 0.274 e. The van der Waals surface area contributed by atoms with Crippen molar-refractivity contribution in [2.24, 2.45) is 7.05 Å². The molecule has 0 aliphatic carbocycles. The zero-order valence-electron chi connectivity index (χ0n) is 21.0. The topological polar surface area (TPSA) is 78.2 Å². The van der Waals surface area contributed by atoms with Gasteiger partial charge in [-0.15, -0.1) is 5.10 Å². The molecule has 0 unspecified atom stereocenters. The van der Waals surface area contributed by atoms with Crippen molar-refractivity contribution in [2.45, 2.75) is 70.2 Å². The highest BCUT2D eigenvalue weighted by Crippen LogP contribution is 2.39. The summed E-state index contributed by atoms with van der Waals surface area (Å²) in [6.45, 7) is 14.7. The average Bonchev–Trinajstić information content (AvgIpc) is 2.74. The second-order valence-electron chi connectivity index (χ2n) is 10.1. The molecule has 7 nitrogen and oxygen atoms in total. The molecule has 0 bridgehead atoms. The standard InChI is InChI=1S/C26H34N4O3S/c1-14(2)17-8-19(15(3)4)24(20(9-17)16(5)6)34-33-25-22-13-30(18-11-27-12-18)23(31)10-21(22)26(32)29(7)28-25/h8-10,13-16,18,27H,11-12H2,1-7H3. The van der Waals surface area contributed by atoms with Crippen LogP contribution in [0.3, 0.4) is 0 Å². The van der Waals surface area contributed by atoms with E-state index >= 15 is 0 Å². The quantitative estimate of drug-likeness (QED) is 0.492. The van der Waals surface area contributed by atoms with Gasteiger partial charge in [-0.2, -0.15) is 0 Å². The van der Waals surface area contributed by atoms with Gasteiger partial charge in [0, 0.05) is 32.4 Å².